The molecule has 0 radical (unpaired) electrons. The predicted molar refractivity (Wildman–Crippen MR) is 53.3 cm³/mol. The molecular weight excluding hydrogens is 202 g/mol. The highest BCUT2D eigenvalue weighted by Crippen LogP contribution is 2.29. The van der Waals surface area contributed by atoms with Crippen LogP contribution >= 0.6 is 11.6 Å². The summed E-state index contributed by atoms with van der Waals surface area (Å²) >= 11 is 5.99. The van der Waals surface area contributed by atoms with Crippen molar-refractivity contribution < 1.29 is 9.53 Å². The molecule has 14 heavy (non-hydrogen) atoms. The molecule has 1 saturated heterocycles. The zero-order valence-electron chi connectivity index (χ0n) is 7.50. The van der Waals surface area contributed by atoms with Gasteiger partial charge in [0.25, 0.3) is 0 Å². The summed E-state index contributed by atoms with van der Waals surface area (Å²) < 4.78 is 5.12. The highest BCUT2D eigenvalue weighted by atomic mass is 35.5. The lowest BCUT2D eigenvalue weighted by Gasteiger charge is -2.23. The van der Waals surface area contributed by atoms with Gasteiger partial charge in [-0.25, -0.2) is 4.79 Å². The molecule has 0 bridgehead atoms. The van der Waals surface area contributed by atoms with Gasteiger partial charge >= 0.3 is 6.09 Å². The van der Waals surface area contributed by atoms with E-state index in [-0.39, 0.29) is 12.2 Å². The first kappa shape index (κ1) is 9.34. The number of nitrogens with one attached hydrogen (secondary N) is 1. The third kappa shape index (κ3) is 1.82. The van der Waals surface area contributed by atoms with Crippen LogP contribution in [0.2, 0.25) is 5.02 Å². The van der Waals surface area contributed by atoms with Crippen molar-refractivity contribution in [3.8, 4) is 0 Å². The number of halogens is 1. The lowest BCUT2D eigenvalue weighted by Crippen LogP contribution is -2.33. The van der Waals surface area contributed by atoms with Crippen LogP contribution in [0, 0.1) is 0 Å². The number of hydrogen-bond acceptors (Lipinski definition) is 2. The number of cyclic esters (lactones) is 1. The first-order chi connectivity index (χ1) is 6.77. The number of carbonyl (C=O) groups excluding carboxylic acids is 1. The predicted octanol–water partition coefficient (Wildman–Crippen LogP) is 2.51. The van der Waals surface area contributed by atoms with Gasteiger partial charge in [0.2, 0.25) is 0 Å². The van der Waals surface area contributed by atoms with Crippen molar-refractivity contribution in [1.82, 2.24) is 5.32 Å². The maximum absolute atomic E-state index is 11.0. The highest BCUT2D eigenvalue weighted by Gasteiger charge is 2.22. The van der Waals surface area contributed by atoms with Crippen LogP contribution in [-0.2, 0) is 4.74 Å². The van der Waals surface area contributed by atoms with Gasteiger partial charge in [0.15, 0.2) is 0 Å². The van der Waals surface area contributed by atoms with Crippen LogP contribution < -0.4 is 5.32 Å². The van der Waals surface area contributed by atoms with Crippen molar-refractivity contribution in [3.63, 3.8) is 0 Å². The quantitative estimate of drug-likeness (QED) is 0.775. The number of carbonyl (C=O) groups is 1. The Morgan fingerprint density at radius 1 is 1.43 bits per heavy atom. The molecule has 74 valence electrons. The van der Waals surface area contributed by atoms with Crippen LogP contribution in [0.3, 0.4) is 0 Å². The molecule has 1 fully saturated rings. The SMILES string of the molecule is O=C1NCCC(c2ccccc2Cl)O1. The molecule has 1 heterocycles. The molecule has 1 amide bonds. The maximum atomic E-state index is 11.0. The molecule has 1 aromatic rings. The highest BCUT2D eigenvalue weighted by molar-refractivity contribution is 6.31. The fraction of sp³-hybridized carbons (Fsp3) is 0.300. The molecule has 1 atom stereocenters. The molecule has 0 aromatic heterocycles. The zero-order chi connectivity index (χ0) is 9.97. The topological polar surface area (TPSA) is 38.3 Å². The minimum absolute atomic E-state index is 0.211. The Kier molecular flexibility index (Phi) is 2.59. The van der Waals surface area contributed by atoms with Crippen molar-refractivity contribution in [2.75, 3.05) is 6.54 Å². The van der Waals surface area contributed by atoms with Crippen molar-refractivity contribution in [2.24, 2.45) is 0 Å². The number of benzene rings is 1. The van der Waals surface area contributed by atoms with Crippen LogP contribution in [0.5, 0.6) is 0 Å². The van der Waals surface area contributed by atoms with E-state index >= 15 is 0 Å². The molecule has 3 nitrogen and oxygen atoms in total. The van der Waals surface area contributed by atoms with Gasteiger partial charge < -0.3 is 10.1 Å². The molecule has 1 aliphatic rings. The van der Waals surface area contributed by atoms with E-state index < -0.39 is 0 Å². The lowest BCUT2D eigenvalue weighted by molar-refractivity contribution is 0.0739. The average Bonchev–Trinajstić information content (AvgIpc) is 2.18. The monoisotopic (exact) mass is 211 g/mol. The summed E-state index contributed by atoms with van der Waals surface area (Å²) in [5, 5.41) is 3.24. The summed E-state index contributed by atoms with van der Waals surface area (Å²) in [7, 11) is 0. The van der Waals surface area contributed by atoms with Crippen LogP contribution in [0.15, 0.2) is 24.3 Å². The van der Waals surface area contributed by atoms with E-state index in [9.17, 15) is 4.79 Å². The van der Waals surface area contributed by atoms with E-state index in [1.165, 1.54) is 0 Å². The summed E-state index contributed by atoms with van der Waals surface area (Å²) in [4.78, 5) is 11.0. The molecule has 1 aromatic carbocycles. The summed E-state index contributed by atoms with van der Waals surface area (Å²) in [6.45, 7) is 0.634. The smallest absolute Gasteiger partial charge is 0.407 e. The minimum atomic E-state index is -0.374. The van der Waals surface area contributed by atoms with Crippen LogP contribution in [0.1, 0.15) is 18.1 Å². The number of amides is 1. The Morgan fingerprint density at radius 2 is 2.21 bits per heavy atom. The summed E-state index contributed by atoms with van der Waals surface area (Å²) in [6, 6.07) is 7.42. The Balaban J connectivity index is 2.22. The second-order valence-corrected chi connectivity index (χ2v) is 3.54. The van der Waals surface area contributed by atoms with E-state index in [1.54, 1.807) is 6.07 Å². The maximum Gasteiger partial charge on any atom is 0.407 e. The van der Waals surface area contributed by atoms with Gasteiger partial charge in [-0.05, 0) is 6.07 Å². The largest absolute Gasteiger partial charge is 0.441 e. The minimum Gasteiger partial charge on any atom is -0.441 e. The van der Waals surface area contributed by atoms with Gasteiger partial charge in [-0.1, -0.05) is 29.8 Å². The Labute approximate surface area is 87.0 Å². The van der Waals surface area contributed by atoms with Crippen molar-refractivity contribution in [1.29, 1.82) is 0 Å². The van der Waals surface area contributed by atoms with Crippen LogP contribution in [-0.4, -0.2) is 12.6 Å². The molecule has 0 saturated carbocycles. The molecule has 1 unspecified atom stereocenters. The normalized spacial score (nSPS) is 21.2. The van der Waals surface area contributed by atoms with E-state index in [4.69, 9.17) is 16.3 Å². The van der Waals surface area contributed by atoms with Crippen molar-refractivity contribution >= 4 is 17.7 Å². The van der Waals surface area contributed by atoms with E-state index in [1.807, 2.05) is 18.2 Å². The van der Waals surface area contributed by atoms with E-state index in [0.717, 1.165) is 12.0 Å². The lowest BCUT2D eigenvalue weighted by atomic mass is 10.1. The van der Waals surface area contributed by atoms with E-state index in [2.05, 4.69) is 5.32 Å². The second kappa shape index (κ2) is 3.88. The molecule has 0 aliphatic carbocycles. The standard InChI is InChI=1S/C10H10ClNO2/c11-8-4-2-1-3-7(8)9-5-6-12-10(13)14-9/h1-4,9H,5-6H2,(H,12,13). The number of rotatable bonds is 1. The third-order valence-corrected chi connectivity index (χ3v) is 2.52. The molecule has 0 spiro atoms. The Hall–Kier alpha value is -1.22. The fourth-order valence-electron chi connectivity index (χ4n) is 1.49. The van der Waals surface area contributed by atoms with Gasteiger partial charge in [-0.3, -0.25) is 0 Å². The van der Waals surface area contributed by atoms with Crippen LogP contribution in [0.25, 0.3) is 0 Å². The first-order valence-electron chi connectivity index (χ1n) is 4.46. The number of alkyl carbamates (subject to hydrolysis) is 1. The fourth-order valence-corrected chi connectivity index (χ4v) is 1.75. The van der Waals surface area contributed by atoms with Gasteiger partial charge in [0, 0.05) is 23.6 Å². The summed E-state index contributed by atoms with van der Waals surface area (Å²) in [6.07, 6.45) is 0.175. The van der Waals surface area contributed by atoms with Gasteiger partial charge in [0.05, 0.1) is 0 Å². The molecule has 4 heteroatoms. The summed E-state index contributed by atoms with van der Waals surface area (Å²) in [5.41, 5.74) is 0.879. The molecule has 1 aliphatic heterocycles. The zero-order valence-corrected chi connectivity index (χ0v) is 8.25. The average molecular weight is 212 g/mol. The van der Waals surface area contributed by atoms with Crippen molar-refractivity contribution in [2.45, 2.75) is 12.5 Å². The first-order valence-corrected chi connectivity index (χ1v) is 4.84. The van der Waals surface area contributed by atoms with Crippen LogP contribution in [0.4, 0.5) is 4.79 Å². The number of hydrogen-bond donors (Lipinski definition) is 1. The summed E-state index contributed by atoms with van der Waals surface area (Å²) in [5.74, 6) is 0. The van der Waals surface area contributed by atoms with E-state index in [0.29, 0.717) is 11.6 Å². The van der Waals surface area contributed by atoms with Gasteiger partial charge in [-0.15, -0.1) is 0 Å². The van der Waals surface area contributed by atoms with Gasteiger partial charge in [0.1, 0.15) is 6.10 Å². The van der Waals surface area contributed by atoms with Gasteiger partial charge in [-0.2, -0.15) is 0 Å². The second-order valence-electron chi connectivity index (χ2n) is 3.13. The van der Waals surface area contributed by atoms with Crippen molar-refractivity contribution in [3.05, 3.63) is 34.9 Å². The Bertz CT molecular complexity index is 354. The Morgan fingerprint density at radius 3 is 2.93 bits per heavy atom. The third-order valence-electron chi connectivity index (χ3n) is 2.18. The number of ether oxygens (including phenoxy) is 1. The molecule has 2 rings (SSSR count). The molecular formula is C10H10ClNO2. The molecule has 1 N–H and O–H groups in total.